The van der Waals surface area contributed by atoms with Crippen molar-refractivity contribution in [2.75, 3.05) is 26.1 Å². The van der Waals surface area contributed by atoms with E-state index >= 15 is 0 Å². The zero-order valence-corrected chi connectivity index (χ0v) is 17.1. The van der Waals surface area contributed by atoms with Gasteiger partial charge in [0.2, 0.25) is 0 Å². The van der Waals surface area contributed by atoms with Crippen LogP contribution < -0.4 is 14.8 Å². The number of benzene rings is 2. The molecule has 1 N–H and O–H groups in total. The molecule has 146 valence electrons. The summed E-state index contributed by atoms with van der Waals surface area (Å²) < 4.78 is 13.1. The summed E-state index contributed by atoms with van der Waals surface area (Å²) in [6.45, 7) is 2.95. The predicted molar refractivity (Wildman–Crippen MR) is 113 cm³/mol. The maximum absolute atomic E-state index is 6.39. The van der Waals surface area contributed by atoms with Crippen molar-refractivity contribution in [1.82, 2.24) is 9.78 Å². The predicted octanol–water partition coefficient (Wildman–Crippen LogP) is 5.27. The molecule has 1 aromatic heterocycles. The second-order valence-electron chi connectivity index (χ2n) is 6.92. The number of nitrogens with zero attached hydrogens (tertiary/aromatic N) is 2. The van der Waals surface area contributed by atoms with Crippen molar-refractivity contribution in [3.05, 3.63) is 52.5 Å². The van der Waals surface area contributed by atoms with Gasteiger partial charge in [0.05, 0.1) is 19.9 Å². The molecule has 2 aromatic carbocycles. The number of anilines is 1. The number of fused-ring (bicyclic) bond motifs is 1. The van der Waals surface area contributed by atoms with Crippen LogP contribution in [-0.4, -0.2) is 30.5 Å². The number of rotatable bonds is 4. The third kappa shape index (κ3) is 3.20. The van der Waals surface area contributed by atoms with Gasteiger partial charge in [-0.15, -0.1) is 0 Å². The van der Waals surface area contributed by atoms with Gasteiger partial charge >= 0.3 is 0 Å². The normalized spacial score (nSPS) is 13.4. The minimum atomic E-state index is 0.732. The smallest absolute Gasteiger partial charge is 0.133 e. The van der Waals surface area contributed by atoms with Gasteiger partial charge in [0.25, 0.3) is 0 Å². The van der Waals surface area contributed by atoms with Crippen LogP contribution in [0.1, 0.15) is 24.0 Å². The molecule has 0 amide bonds. The number of aromatic nitrogens is 2. The van der Waals surface area contributed by atoms with E-state index in [9.17, 15) is 0 Å². The number of ether oxygens (including phenoxy) is 2. The lowest BCUT2D eigenvalue weighted by atomic mass is 10.0. The Morgan fingerprint density at radius 3 is 2.75 bits per heavy atom. The molecule has 1 aliphatic rings. The van der Waals surface area contributed by atoms with Crippen molar-refractivity contribution in [3.63, 3.8) is 0 Å². The molecular formula is C22H24ClN3O2. The molecule has 0 saturated heterocycles. The van der Waals surface area contributed by atoms with E-state index in [4.69, 9.17) is 26.2 Å². The molecule has 2 heterocycles. The van der Waals surface area contributed by atoms with E-state index < -0.39 is 0 Å². The van der Waals surface area contributed by atoms with Gasteiger partial charge in [-0.25, -0.2) is 4.68 Å². The van der Waals surface area contributed by atoms with Crippen LogP contribution in [0.15, 0.2) is 36.4 Å². The fourth-order valence-electron chi connectivity index (χ4n) is 3.72. The van der Waals surface area contributed by atoms with Gasteiger partial charge in [0.15, 0.2) is 0 Å². The summed E-state index contributed by atoms with van der Waals surface area (Å²) in [5.74, 6) is 2.59. The Labute approximate surface area is 170 Å². The van der Waals surface area contributed by atoms with Crippen molar-refractivity contribution >= 4 is 17.4 Å². The third-order valence-electron chi connectivity index (χ3n) is 5.26. The zero-order chi connectivity index (χ0) is 19.7. The van der Waals surface area contributed by atoms with Gasteiger partial charge in [-0.3, -0.25) is 0 Å². The Bertz CT molecular complexity index is 1010. The van der Waals surface area contributed by atoms with E-state index in [0.29, 0.717) is 0 Å². The van der Waals surface area contributed by atoms with E-state index in [0.717, 1.165) is 70.7 Å². The molecular weight excluding hydrogens is 374 g/mol. The average Bonchev–Trinajstić information content (AvgIpc) is 2.90. The molecule has 0 atom stereocenters. The summed E-state index contributed by atoms with van der Waals surface area (Å²) in [6, 6.07) is 11.7. The molecule has 0 aliphatic carbocycles. The van der Waals surface area contributed by atoms with E-state index in [2.05, 4.69) is 5.32 Å². The zero-order valence-electron chi connectivity index (χ0n) is 16.4. The SMILES string of the molecule is COc1ccc(OC)c(-c2nn(-c3cccc(Cl)c3C)c3c2CCCCN3)c1. The second kappa shape index (κ2) is 7.76. The first-order chi connectivity index (χ1) is 13.6. The highest BCUT2D eigenvalue weighted by Gasteiger charge is 2.24. The summed E-state index contributed by atoms with van der Waals surface area (Å²) in [4.78, 5) is 0. The maximum atomic E-state index is 6.39. The van der Waals surface area contributed by atoms with Gasteiger partial charge in [0, 0.05) is 22.7 Å². The Hall–Kier alpha value is -2.66. The first-order valence-corrected chi connectivity index (χ1v) is 9.85. The van der Waals surface area contributed by atoms with Crippen LogP contribution in [0.2, 0.25) is 5.02 Å². The Balaban J connectivity index is 1.97. The molecule has 0 fully saturated rings. The lowest BCUT2D eigenvalue weighted by Gasteiger charge is -2.12. The van der Waals surface area contributed by atoms with E-state index in [1.54, 1.807) is 14.2 Å². The van der Waals surface area contributed by atoms with Crippen molar-refractivity contribution in [2.24, 2.45) is 0 Å². The molecule has 1 aliphatic heterocycles. The van der Waals surface area contributed by atoms with E-state index in [1.807, 2.05) is 48.0 Å². The van der Waals surface area contributed by atoms with Crippen LogP contribution in [0.4, 0.5) is 5.82 Å². The summed E-state index contributed by atoms with van der Waals surface area (Å²) in [6.07, 6.45) is 3.19. The summed E-state index contributed by atoms with van der Waals surface area (Å²) in [7, 11) is 3.35. The number of methoxy groups -OCH3 is 2. The highest BCUT2D eigenvalue weighted by atomic mass is 35.5. The molecule has 6 heteroatoms. The highest BCUT2D eigenvalue weighted by Crippen LogP contribution is 2.40. The summed E-state index contributed by atoms with van der Waals surface area (Å²) >= 11 is 6.39. The Kier molecular flexibility index (Phi) is 5.18. The fourth-order valence-corrected chi connectivity index (χ4v) is 3.89. The topological polar surface area (TPSA) is 48.3 Å². The minimum absolute atomic E-state index is 0.732. The third-order valence-corrected chi connectivity index (χ3v) is 5.67. The van der Waals surface area contributed by atoms with E-state index in [-0.39, 0.29) is 0 Å². The molecule has 0 radical (unpaired) electrons. The average molecular weight is 398 g/mol. The number of halogens is 1. The van der Waals surface area contributed by atoms with Crippen LogP contribution in [0, 0.1) is 6.92 Å². The van der Waals surface area contributed by atoms with Gasteiger partial charge in [-0.05, 0) is 62.1 Å². The lowest BCUT2D eigenvalue weighted by molar-refractivity contribution is 0.404. The van der Waals surface area contributed by atoms with Crippen LogP contribution in [0.5, 0.6) is 11.5 Å². The molecule has 0 spiro atoms. The van der Waals surface area contributed by atoms with Crippen molar-refractivity contribution in [3.8, 4) is 28.4 Å². The molecule has 4 rings (SSSR count). The monoisotopic (exact) mass is 397 g/mol. The first-order valence-electron chi connectivity index (χ1n) is 9.47. The molecule has 3 aromatic rings. The summed E-state index contributed by atoms with van der Waals surface area (Å²) in [5, 5.41) is 9.33. The first kappa shape index (κ1) is 18.7. The van der Waals surface area contributed by atoms with Gasteiger partial charge < -0.3 is 14.8 Å². The maximum Gasteiger partial charge on any atom is 0.133 e. The highest BCUT2D eigenvalue weighted by molar-refractivity contribution is 6.31. The van der Waals surface area contributed by atoms with Crippen molar-refractivity contribution < 1.29 is 9.47 Å². The Morgan fingerprint density at radius 2 is 1.96 bits per heavy atom. The largest absolute Gasteiger partial charge is 0.497 e. The van der Waals surface area contributed by atoms with E-state index in [1.165, 1.54) is 5.56 Å². The molecule has 0 unspecified atom stereocenters. The number of hydrogen-bond donors (Lipinski definition) is 1. The molecule has 5 nitrogen and oxygen atoms in total. The number of hydrogen-bond acceptors (Lipinski definition) is 4. The Morgan fingerprint density at radius 1 is 1.11 bits per heavy atom. The minimum Gasteiger partial charge on any atom is -0.497 e. The molecule has 28 heavy (non-hydrogen) atoms. The number of nitrogens with one attached hydrogen (secondary N) is 1. The van der Waals surface area contributed by atoms with Crippen LogP contribution in [-0.2, 0) is 6.42 Å². The van der Waals surface area contributed by atoms with Gasteiger partial charge in [-0.1, -0.05) is 17.7 Å². The molecule has 0 bridgehead atoms. The van der Waals surface area contributed by atoms with Crippen LogP contribution in [0.3, 0.4) is 0 Å². The van der Waals surface area contributed by atoms with Crippen LogP contribution >= 0.6 is 11.6 Å². The van der Waals surface area contributed by atoms with Gasteiger partial charge in [-0.2, -0.15) is 5.10 Å². The standard InChI is InChI=1S/C22H24ClN3O2/c1-14-18(23)8-6-9-19(14)26-22-16(7-4-5-12-24-22)21(25-26)17-13-15(27-2)10-11-20(17)28-3/h6,8-11,13,24H,4-5,7,12H2,1-3H3. The fraction of sp³-hybridized carbons (Fsp3) is 0.318. The van der Waals surface area contributed by atoms with Gasteiger partial charge in [0.1, 0.15) is 23.0 Å². The second-order valence-corrected chi connectivity index (χ2v) is 7.33. The molecule has 0 saturated carbocycles. The van der Waals surface area contributed by atoms with Crippen LogP contribution in [0.25, 0.3) is 16.9 Å². The van der Waals surface area contributed by atoms with Crippen molar-refractivity contribution in [2.45, 2.75) is 26.2 Å². The van der Waals surface area contributed by atoms with Crippen molar-refractivity contribution in [1.29, 1.82) is 0 Å². The quantitative estimate of drug-likeness (QED) is 0.651. The lowest BCUT2D eigenvalue weighted by Crippen LogP contribution is -2.08. The summed E-state index contributed by atoms with van der Waals surface area (Å²) in [5.41, 5.74) is 5.03.